The summed E-state index contributed by atoms with van der Waals surface area (Å²) in [5.74, 6) is 1.02. The Labute approximate surface area is 197 Å². The zero-order chi connectivity index (χ0) is 22.6. The second-order valence-corrected chi connectivity index (χ2v) is 9.06. The molecule has 2 aromatic carbocycles. The van der Waals surface area contributed by atoms with E-state index in [0.29, 0.717) is 6.42 Å². The van der Waals surface area contributed by atoms with Gasteiger partial charge < -0.3 is 9.64 Å². The van der Waals surface area contributed by atoms with Crippen LogP contribution in [-0.4, -0.2) is 59.0 Å². The summed E-state index contributed by atoms with van der Waals surface area (Å²) in [6.45, 7) is 4.00. The van der Waals surface area contributed by atoms with Crippen LogP contribution in [0.15, 0.2) is 66.2 Å². The zero-order valence-electron chi connectivity index (χ0n) is 18.6. The molecule has 4 aromatic rings. The van der Waals surface area contributed by atoms with Crippen LogP contribution in [0.5, 0.6) is 5.75 Å². The van der Waals surface area contributed by atoms with E-state index in [1.54, 1.807) is 24.6 Å². The minimum atomic E-state index is 0.170. The van der Waals surface area contributed by atoms with Crippen molar-refractivity contribution < 1.29 is 9.53 Å². The number of para-hydroxylation sites is 1. The van der Waals surface area contributed by atoms with Crippen molar-refractivity contribution >= 4 is 28.1 Å². The lowest BCUT2D eigenvalue weighted by Gasteiger charge is -2.34. The number of amides is 1. The number of pyridine rings is 1. The molecule has 3 heterocycles. The smallest absolute Gasteiger partial charge is 0.227 e. The van der Waals surface area contributed by atoms with Crippen molar-refractivity contribution in [3.8, 4) is 16.3 Å². The van der Waals surface area contributed by atoms with Gasteiger partial charge in [0.15, 0.2) is 0 Å². The fourth-order valence-electron chi connectivity index (χ4n) is 4.22. The lowest BCUT2D eigenvalue weighted by molar-refractivity contribution is -0.132. The van der Waals surface area contributed by atoms with Crippen LogP contribution < -0.4 is 4.74 Å². The maximum Gasteiger partial charge on any atom is 0.227 e. The standard InChI is InChI=1S/C26H26N4O2S/c1-32-23-9-7-20(8-10-23)26-28-22(18-33-26)17-29-12-14-30(15-13-29)24(31)16-21-5-2-4-19-6-3-11-27-25(19)21/h2-11,18H,12-17H2,1H3. The highest BCUT2D eigenvalue weighted by Crippen LogP contribution is 2.26. The number of methoxy groups -OCH3 is 1. The van der Waals surface area contributed by atoms with Gasteiger partial charge in [-0.2, -0.15) is 0 Å². The molecule has 2 aromatic heterocycles. The normalized spacial score (nSPS) is 14.5. The van der Waals surface area contributed by atoms with E-state index < -0.39 is 0 Å². The molecule has 0 unspecified atom stereocenters. The van der Waals surface area contributed by atoms with E-state index >= 15 is 0 Å². The summed E-state index contributed by atoms with van der Waals surface area (Å²) in [5, 5.41) is 4.22. The Morgan fingerprint density at radius 1 is 1.03 bits per heavy atom. The fourth-order valence-corrected chi connectivity index (χ4v) is 5.03. The number of ether oxygens (including phenoxy) is 1. The molecule has 168 valence electrons. The van der Waals surface area contributed by atoms with Gasteiger partial charge in [-0.15, -0.1) is 11.3 Å². The average Bonchev–Trinajstić information content (AvgIpc) is 3.33. The third-order valence-electron chi connectivity index (χ3n) is 6.06. The minimum Gasteiger partial charge on any atom is -0.497 e. The molecular formula is C26H26N4O2S. The van der Waals surface area contributed by atoms with Crippen LogP contribution in [0.4, 0.5) is 0 Å². The van der Waals surface area contributed by atoms with E-state index in [4.69, 9.17) is 9.72 Å². The van der Waals surface area contributed by atoms with Crippen LogP contribution in [0.3, 0.4) is 0 Å². The largest absolute Gasteiger partial charge is 0.497 e. The molecule has 1 aliphatic rings. The van der Waals surface area contributed by atoms with Crippen molar-refractivity contribution in [2.45, 2.75) is 13.0 Å². The summed E-state index contributed by atoms with van der Waals surface area (Å²) in [4.78, 5) is 26.6. The van der Waals surface area contributed by atoms with E-state index in [1.165, 1.54) is 0 Å². The van der Waals surface area contributed by atoms with E-state index in [1.807, 2.05) is 59.5 Å². The summed E-state index contributed by atoms with van der Waals surface area (Å²) in [6, 6.07) is 18.0. The number of hydrogen-bond acceptors (Lipinski definition) is 6. The van der Waals surface area contributed by atoms with Gasteiger partial charge in [-0.05, 0) is 35.9 Å². The average molecular weight is 459 g/mol. The van der Waals surface area contributed by atoms with E-state index in [0.717, 1.165) is 71.2 Å². The number of nitrogens with zero attached hydrogens (tertiary/aromatic N) is 4. The van der Waals surface area contributed by atoms with Gasteiger partial charge >= 0.3 is 0 Å². The minimum absolute atomic E-state index is 0.170. The monoisotopic (exact) mass is 458 g/mol. The molecule has 0 saturated carbocycles. The van der Waals surface area contributed by atoms with E-state index in [-0.39, 0.29) is 5.91 Å². The summed E-state index contributed by atoms with van der Waals surface area (Å²) >= 11 is 1.66. The van der Waals surface area contributed by atoms with Gasteiger partial charge in [0, 0.05) is 55.3 Å². The third kappa shape index (κ3) is 4.89. The number of hydrogen-bond donors (Lipinski definition) is 0. The van der Waals surface area contributed by atoms with E-state index in [2.05, 4.69) is 15.3 Å². The first-order valence-corrected chi connectivity index (χ1v) is 12.0. The molecule has 5 rings (SSSR count). The number of piperazine rings is 1. The Bertz CT molecular complexity index is 1240. The Morgan fingerprint density at radius 2 is 1.82 bits per heavy atom. The zero-order valence-corrected chi connectivity index (χ0v) is 19.4. The van der Waals surface area contributed by atoms with Crippen molar-refractivity contribution in [3.05, 3.63) is 77.4 Å². The maximum absolute atomic E-state index is 12.9. The van der Waals surface area contributed by atoms with Crippen molar-refractivity contribution in [2.24, 2.45) is 0 Å². The number of aromatic nitrogens is 2. The van der Waals surface area contributed by atoms with Crippen LogP contribution in [0.25, 0.3) is 21.5 Å². The number of fused-ring (bicyclic) bond motifs is 1. The second-order valence-electron chi connectivity index (χ2n) is 8.20. The number of carbonyl (C=O) groups is 1. The summed E-state index contributed by atoms with van der Waals surface area (Å²) in [7, 11) is 1.67. The van der Waals surface area contributed by atoms with Crippen LogP contribution in [0.1, 0.15) is 11.3 Å². The highest BCUT2D eigenvalue weighted by molar-refractivity contribution is 7.13. The van der Waals surface area contributed by atoms with Crippen LogP contribution in [-0.2, 0) is 17.8 Å². The predicted octanol–water partition coefficient (Wildman–Crippen LogP) is 4.25. The van der Waals surface area contributed by atoms with Crippen LogP contribution >= 0.6 is 11.3 Å². The highest BCUT2D eigenvalue weighted by Gasteiger charge is 2.22. The number of rotatable bonds is 6. The molecule has 0 radical (unpaired) electrons. The SMILES string of the molecule is COc1ccc(-c2nc(CN3CCN(C(=O)Cc4cccc5cccnc45)CC3)cs2)cc1. The van der Waals surface area contributed by atoms with Crippen molar-refractivity contribution in [1.82, 2.24) is 19.8 Å². The number of benzene rings is 2. The first kappa shape index (κ1) is 21.6. The lowest BCUT2D eigenvalue weighted by atomic mass is 10.1. The Hall–Kier alpha value is -3.29. The van der Waals surface area contributed by atoms with Gasteiger partial charge in [0.25, 0.3) is 0 Å². The molecule has 0 atom stereocenters. The topological polar surface area (TPSA) is 58.6 Å². The van der Waals surface area contributed by atoms with E-state index in [9.17, 15) is 4.79 Å². The fraction of sp³-hybridized carbons (Fsp3) is 0.269. The van der Waals surface area contributed by atoms with Crippen LogP contribution in [0, 0.1) is 0 Å². The summed E-state index contributed by atoms with van der Waals surface area (Å²) in [6.07, 6.45) is 2.18. The number of thiazole rings is 1. The molecule has 1 amide bonds. The highest BCUT2D eigenvalue weighted by atomic mass is 32.1. The Kier molecular flexibility index (Phi) is 6.32. The first-order chi connectivity index (χ1) is 16.2. The predicted molar refractivity (Wildman–Crippen MR) is 131 cm³/mol. The van der Waals surface area contributed by atoms with Crippen molar-refractivity contribution in [2.75, 3.05) is 33.3 Å². The van der Waals surface area contributed by atoms with Gasteiger partial charge in [-0.25, -0.2) is 4.98 Å². The van der Waals surface area contributed by atoms with Crippen molar-refractivity contribution in [1.29, 1.82) is 0 Å². The molecule has 33 heavy (non-hydrogen) atoms. The molecule has 1 aliphatic heterocycles. The molecule has 0 N–H and O–H groups in total. The maximum atomic E-state index is 12.9. The summed E-state index contributed by atoms with van der Waals surface area (Å²) < 4.78 is 5.23. The third-order valence-corrected chi connectivity index (χ3v) is 7.00. The number of carbonyl (C=O) groups excluding carboxylic acids is 1. The summed E-state index contributed by atoms with van der Waals surface area (Å²) in [5.41, 5.74) is 4.09. The van der Waals surface area contributed by atoms with Gasteiger partial charge in [-0.1, -0.05) is 24.3 Å². The Balaban J connectivity index is 1.16. The van der Waals surface area contributed by atoms with Gasteiger partial charge in [0.2, 0.25) is 5.91 Å². The molecule has 6 nitrogen and oxygen atoms in total. The molecule has 1 fully saturated rings. The second kappa shape index (κ2) is 9.68. The van der Waals surface area contributed by atoms with Gasteiger partial charge in [0.1, 0.15) is 10.8 Å². The molecule has 0 spiro atoms. The van der Waals surface area contributed by atoms with Gasteiger partial charge in [-0.3, -0.25) is 14.7 Å². The first-order valence-electron chi connectivity index (χ1n) is 11.1. The van der Waals surface area contributed by atoms with Crippen molar-refractivity contribution in [3.63, 3.8) is 0 Å². The molecule has 1 saturated heterocycles. The molecule has 0 bridgehead atoms. The molecular weight excluding hydrogens is 432 g/mol. The Morgan fingerprint density at radius 3 is 2.61 bits per heavy atom. The van der Waals surface area contributed by atoms with Gasteiger partial charge in [0.05, 0.1) is 24.7 Å². The quantitative estimate of drug-likeness (QED) is 0.432. The lowest BCUT2D eigenvalue weighted by Crippen LogP contribution is -2.48. The molecule has 0 aliphatic carbocycles. The van der Waals surface area contributed by atoms with Crippen LogP contribution in [0.2, 0.25) is 0 Å². The molecule has 7 heteroatoms.